The number of hydrogen-bond acceptors (Lipinski definition) is 5. The largest absolute Gasteiger partial charge is 0.496 e. The summed E-state index contributed by atoms with van der Waals surface area (Å²) < 4.78 is 14.6. The van der Waals surface area contributed by atoms with E-state index in [2.05, 4.69) is 4.74 Å². The maximum atomic E-state index is 11.3. The number of aliphatic hydroxyl groups is 1. The van der Waals surface area contributed by atoms with Gasteiger partial charge in [0.15, 0.2) is 6.10 Å². The molecule has 1 atom stereocenters. The molecule has 0 aliphatic carbocycles. The van der Waals surface area contributed by atoms with Gasteiger partial charge >= 0.3 is 5.97 Å². The van der Waals surface area contributed by atoms with Gasteiger partial charge in [-0.3, -0.25) is 0 Å². The quantitative estimate of drug-likeness (QED) is 0.779. The van der Waals surface area contributed by atoms with Crippen LogP contribution in [0.2, 0.25) is 0 Å². The summed E-state index contributed by atoms with van der Waals surface area (Å²) in [5.74, 6) is -0.291. The highest BCUT2D eigenvalue weighted by atomic mass is 16.5. The number of ether oxygens (including phenoxy) is 3. The number of rotatable bonds is 5. The maximum Gasteiger partial charge on any atom is 0.339 e. The molecular formula is C12H16O5. The number of benzene rings is 1. The molecule has 1 rings (SSSR count). The summed E-state index contributed by atoms with van der Waals surface area (Å²) in [6, 6.07) is 5.13. The predicted octanol–water partition coefficient (Wildman–Crippen LogP) is 1.05. The second kappa shape index (κ2) is 6.22. The molecule has 0 saturated carbocycles. The highest BCUT2D eigenvalue weighted by Gasteiger charge is 2.22. The Kier molecular flexibility index (Phi) is 4.93. The minimum absolute atomic E-state index is 0.369. The Morgan fingerprint density at radius 3 is 2.59 bits per heavy atom. The fourth-order valence-corrected chi connectivity index (χ4v) is 1.49. The molecule has 0 radical (unpaired) electrons. The number of carbonyl (C=O) groups excluding carboxylic acids is 1. The van der Waals surface area contributed by atoms with Crippen LogP contribution in [0.3, 0.4) is 0 Å². The molecule has 5 heteroatoms. The van der Waals surface area contributed by atoms with E-state index < -0.39 is 12.1 Å². The molecule has 5 nitrogen and oxygen atoms in total. The standard InChI is InChI=1S/C12H16O5/c1-15-7-8-4-5-10(16-2)9(6-8)11(13)12(14)17-3/h4-6,11,13H,7H2,1-3H3. The van der Waals surface area contributed by atoms with Crippen molar-refractivity contribution in [2.24, 2.45) is 0 Å². The first-order chi connectivity index (χ1) is 8.13. The second-order valence-electron chi connectivity index (χ2n) is 3.44. The number of aliphatic hydroxyl groups excluding tert-OH is 1. The van der Waals surface area contributed by atoms with Crippen LogP contribution < -0.4 is 4.74 Å². The molecule has 0 spiro atoms. The molecule has 0 heterocycles. The van der Waals surface area contributed by atoms with Crippen molar-refractivity contribution < 1.29 is 24.1 Å². The van der Waals surface area contributed by atoms with E-state index in [1.165, 1.54) is 14.2 Å². The zero-order valence-electron chi connectivity index (χ0n) is 10.1. The van der Waals surface area contributed by atoms with Crippen LogP contribution in [-0.4, -0.2) is 32.4 Å². The molecular weight excluding hydrogens is 224 g/mol. The average Bonchev–Trinajstić information content (AvgIpc) is 2.37. The van der Waals surface area contributed by atoms with E-state index in [0.717, 1.165) is 5.56 Å². The van der Waals surface area contributed by atoms with Crippen LogP contribution in [-0.2, 0) is 20.9 Å². The molecule has 0 fully saturated rings. The van der Waals surface area contributed by atoms with Crippen molar-refractivity contribution in [1.82, 2.24) is 0 Å². The van der Waals surface area contributed by atoms with Gasteiger partial charge in [0, 0.05) is 12.7 Å². The van der Waals surface area contributed by atoms with Crippen LogP contribution in [0.15, 0.2) is 18.2 Å². The minimum Gasteiger partial charge on any atom is -0.496 e. The molecule has 0 aliphatic heterocycles. The van der Waals surface area contributed by atoms with Gasteiger partial charge in [-0.05, 0) is 17.7 Å². The highest BCUT2D eigenvalue weighted by Crippen LogP contribution is 2.27. The fourth-order valence-electron chi connectivity index (χ4n) is 1.49. The first kappa shape index (κ1) is 13.5. The summed E-state index contributed by atoms with van der Waals surface area (Å²) in [7, 11) is 4.26. The molecule has 94 valence electrons. The van der Waals surface area contributed by atoms with E-state index >= 15 is 0 Å². The van der Waals surface area contributed by atoms with E-state index in [1.54, 1.807) is 25.3 Å². The van der Waals surface area contributed by atoms with Gasteiger partial charge in [0.05, 0.1) is 20.8 Å². The number of esters is 1. The SMILES string of the molecule is COCc1ccc(OC)c(C(O)C(=O)OC)c1. The van der Waals surface area contributed by atoms with Crippen molar-refractivity contribution in [3.05, 3.63) is 29.3 Å². The van der Waals surface area contributed by atoms with Crippen LogP contribution >= 0.6 is 0 Å². The Bertz CT molecular complexity index is 388. The van der Waals surface area contributed by atoms with Crippen molar-refractivity contribution >= 4 is 5.97 Å². The minimum atomic E-state index is -1.35. The van der Waals surface area contributed by atoms with E-state index in [0.29, 0.717) is 17.9 Å². The van der Waals surface area contributed by atoms with Crippen LogP contribution in [0, 0.1) is 0 Å². The second-order valence-corrected chi connectivity index (χ2v) is 3.44. The van der Waals surface area contributed by atoms with Crippen molar-refractivity contribution in [3.8, 4) is 5.75 Å². The average molecular weight is 240 g/mol. The van der Waals surface area contributed by atoms with Crippen LogP contribution in [0.25, 0.3) is 0 Å². The summed E-state index contributed by atoms with van der Waals surface area (Å²) in [4.78, 5) is 11.3. The maximum absolute atomic E-state index is 11.3. The number of methoxy groups -OCH3 is 3. The van der Waals surface area contributed by atoms with Gasteiger partial charge in [-0.25, -0.2) is 4.79 Å². The first-order valence-electron chi connectivity index (χ1n) is 5.05. The molecule has 0 amide bonds. The lowest BCUT2D eigenvalue weighted by atomic mass is 10.0. The number of hydrogen-bond donors (Lipinski definition) is 1. The molecule has 1 N–H and O–H groups in total. The lowest BCUT2D eigenvalue weighted by molar-refractivity contribution is -0.150. The Hall–Kier alpha value is -1.59. The number of carbonyl (C=O) groups is 1. The monoisotopic (exact) mass is 240 g/mol. The van der Waals surface area contributed by atoms with Crippen LogP contribution in [0.4, 0.5) is 0 Å². The van der Waals surface area contributed by atoms with E-state index in [9.17, 15) is 9.90 Å². The zero-order valence-corrected chi connectivity index (χ0v) is 10.1. The van der Waals surface area contributed by atoms with Gasteiger partial charge < -0.3 is 19.3 Å². The van der Waals surface area contributed by atoms with Crippen molar-refractivity contribution in [2.75, 3.05) is 21.3 Å². The van der Waals surface area contributed by atoms with Crippen LogP contribution in [0.5, 0.6) is 5.75 Å². The molecule has 1 unspecified atom stereocenters. The Morgan fingerprint density at radius 1 is 1.35 bits per heavy atom. The lowest BCUT2D eigenvalue weighted by Gasteiger charge is -2.14. The Labute approximate surface area is 99.9 Å². The predicted molar refractivity (Wildman–Crippen MR) is 60.7 cm³/mol. The Balaban J connectivity index is 3.08. The smallest absolute Gasteiger partial charge is 0.339 e. The lowest BCUT2D eigenvalue weighted by Crippen LogP contribution is -2.14. The molecule has 0 saturated heterocycles. The summed E-state index contributed by atoms with van der Waals surface area (Å²) in [6.07, 6.45) is -1.35. The van der Waals surface area contributed by atoms with Gasteiger partial charge in [-0.1, -0.05) is 6.07 Å². The van der Waals surface area contributed by atoms with Crippen molar-refractivity contribution in [2.45, 2.75) is 12.7 Å². The highest BCUT2D eigenvalue weighted by molar-refractivity contribution is 5.77. The normalized spacial score (nSPS) is 12.0. The Morgan fingerprint density at radius 2 is 2.06 bits per heavy atom. The third-order valence-corrected chi connectivity index (χ3v) is 2.32. The molecule has 0 bridgehead atoms. The summed E-state index contributed by atoms with van der Waals surface area (Å²) in [5.41, 5.74) is 1.21. The first-order valence-corrected chi connectivity index (χ1v) is 5.05. The molecule has 1 aromatic rings. The van der Waals surface area contributed by atoms with Crippen LogP contribution in [0.1, 0.15) is 17.2 Å². The third kappa shape index (κ3) is 3.18. The summed E-state index contributed by atoms with van der Waals surface area (Å²) in [5, 5.41) is 9.80. The van der Waals surface area contributed by atoms with Gasteiger partial charge in [-0.15, -0.1) is 0 Å². The topological polar surface area (TPSA) is 65.0 Å². The van der Waals surface area contributed by atoms with Crippen molar-refractivity contribution in [3.63, 3.8) is 0 Å². The van der Waals surface area contributed by atoms with E-state index in [1.807, 2.05) is 0 Å². The van der Waals surface area contributed by atoms with Gasteiger partial charge in [0.2, 0.25) is 0 Å². The summed E-state index contributed by atoms with van der Waals surface area (Å²) in [6.45, 7) is 0.394. The van der Waals surface area contributed by atoms with E-state index in [-0.39, 0.29) is 0 Å². The van der Waals surface area contributed by atoms with E-state index in [4.69, 9.17) is 9.47 Å². The van der Waals surface area contributed by atoms with Gasteiger partial charge in [0.1, 0.15) is 5.75 Å². The van der Waals surface area contributed by atoms with Gasteiger partial charge in [-0.2, -0.15) is 0 Å². The zero-order chi connectivity index (χ0) is 12.8. The van der Waals surface area contributed by atoms with Gasteiger partial charge in [0.25, 0.3) is 0 Å². The fraction of sp³-hybridized carbons (Fsp3) is 0.417. The third-order valence-electron chi connectivity index (χ3n) is 2.32. The summed E-state index contributed by atoms with van der Waals surface area (Å²) >= 11 is 0. The molecule has 0 aromatic heterocycles. The van der Waals surface area contributed by atoms with Crippen molar-refractivity contribution in [1.29, 1.82) is 0 Å². The molecule has 17 heavy (non-hydrogen) atoms. The molecule has 1 aromatic carbocycles. The molecule has 0 aliphatic rings.